The van der Waals surface area contributed by atoms with Crippen LogP contribution in [0.15, 0.2) is 17.3 Å². The van der Waals surface area contributed by atoms with E-state index in [9.17, 15) is 0 Å². The molecule has 0 aromatic carbocycles. The van der Waals surface area contributed by atoms with Crippen molar-refractivity contribution in [1.29, 1.82) is 0 Å². The van der Waals surface area contributed by atoms with Gasteiger partial charge in [0.1, 0.15) is 0 Å². The third-order valence-corrected chi connectivity index (χ3v) is 2.66. The molecule has 0 bridgehead atoms. The molecule has 1 heterocycles. The van der Waals surface area contributed by atoms with Crippen LogP contribution in [0.25, 0.3) is 0 Å². The number of hydrogen-bond donors (Lipinski definition) is 2. The first-order valence-electron chi connectivity index (χ1n) is 6.19. The number of unbranched alkanes of at least 4 members (excludes halogenated alkanes) is 2. The Kier molecular flexibility index (Phi) is 9.72. The molecule has 0 aliphatic heterocycles. The van der Waals surface area contributed by atoms with E-state index in [1.54, 1.807) is 13.2 Å². The van der Waals surface area contributed by atoms with E-state index in [-0.39, 0.29) is 24.0 Å². The van der Waals surface area contributed by atoms with Gasteiger partial charge in [0.2, 0.25) is 0 Å². The van der Waals surface area contributed by atoms with Gasteiger partial charge in [0.25, 0.3) is 0 Å². The topological polar surface area (TPSA) is 54.2 Å². The van der Waals surface area contributed by atoms with Crippen molar-refractivity contribution in [2.45, 2.75) is 32.7 Å². The predicted octanol–water partition coefficient (Wildman–Crippen LogP) is 1.89. The summed E-state index contributed by atoms with van der Waals surface area (Å²) in [4.78, 5) is 4.18. The largest absolute Gasteiger partial charge is 0.356 e. The third kappa shape index (κ3) is 6.23. The van der Waals surface area contributed by atoms with E-state index < -0.39 is 0 Å². The molecule has 2 N–H and O–H groups in total. The molecule has 0 fully saturated rings. The summed E-state index contributed by atoms with van der Waals surface area (Å²) < 4.78 is 1.86. The molecule has 5 nitrogen and oxygen atoms in total. The summed E-state index contributed by atoms with van der Waals surface area (Å²) in [6.07, 6.45) is 5.48. The Labute approximate surface area is 126 Å². The maximum atomic E-state index is 4.18. The molecule has 0 saturated heterocycles. The van der Waals surface area contributed by atoms with Crippen LogP contribution in [-0.2, 0) is 13.6 Å². The van der Waals surface area contributed by atoms with Gasteiger partial charge in [-0.05, 0) is 12.5 Å². The Morgan fingerprint density at radius 3 is 2.72 bits per heavy atom. The normalized spacial score (nSPS) is 10.9. The summed E-state index contributed by atoms with van der Waals surface area (Å²) >= 11 is 0. The number of aromatic nitrogens is 2. The fourth-order valence-corrected chi connectivity index (χ4v) is 1.55. The number of guanidine groups is 1. The third-order valence-electron chi connectivity index (χ3n) is 2.66. The summed E-state index contributed by atoms with van der Waals surface area (Å²) in [6, 6.07) is 2.00. The lowest BCUT2D eigenvalue weighted by Gasteiger charge is -2.11. The molecule has 1 rings (SSSR count). The van der Waals surface area contributed by atoms with Crippen molar-refractivity contribution in [2.24, 2.45) is 12.0 Å². The summed E-state index contributed by atoms with van der Waals surface area (Å²) in [6.45, 7) is 3.92. The summed E-state index contributed by atoms with van der Waals surface area (Å²) in [7, 11) is 3.73. The van der Waals surface area contributed by atoms with Gasteiger partial charge in [-0.1, -0.05) is 19.8 Å². The van der Waals surface area contributed by atoms with Crippen molar-refractivity contribution >= 4 is 29.9 Å². The van der Waals surface area contributed by atoms with Gasteiger partial charge in [0.05, 0.1) is 12.2 Å². The molecule has 1 aromatic rings. The molecule has 0 unspecified atom stereocenters. The molecule has 18 heavy (non-hydrogen) atoms. The van der Waals surface area contributed by atoms with Crippen LogP contribution in [0.1, 0.15) is 31.9 Å². The molecule has 0 saturated carbocycles. The second kappa shape index (κ2) is 10.2. The number of halogens is 1. The number of rotatable bonds is 6. The van der Waals surface area contributed by atoms with Crippen molar-refractivity contribution in [3.63, 3.8) is 0 Å². The Morgan fingerprint density at radius 1 is 1.39 bits per heavy atom. The zero-order chi connectivity index (χ0) is 12.5. The number of aliphatic imine (C=N–C) groups is 1. The average molecular weight is 365 g/mol. The molecular weight excluding hydrogens is 341 g/mol. The molecule has 0 spiro atoms. The highest BCUT2D eigenvalue weighted by molar-refractivity contribution is 14.0. The summed E-state index contributed by atoms with van der Waals surface area (Å²) in [5.41, 5.74) is 1.14. The van der Waals surface area contributed by atoms with Crippen LogP contribution < -0.4 is 10.6 Å². The Morgan fingerprint density at radius 2 is 2.17 bits per heavy atom. The zero-order valence-electron chi connectivity index (χ0n) is 11.4. The van der Waals surface area contributed by atoms with E-state index in [0.29, 0.717) is 0 Å². The van der Waals surface area contributed by atoms with Crippen LogP contribution in [0.5, 0.6) is 0 Å². The second-order valence-electron chi connectivity index (χ2n) is 4.01. The molecule has 0 aliphatic carbocycles. The first kappa shape index (κ1) is 17.2. The maximum Gasteiger partial charge on any atom is 0.191 e. The first-order chi connectivity index (χ1) is 8.27. The lowest BCUT2D eigenvalue weighted by atomic mass is 10.2. The highest BCUT2D eigenvalue weighted by atomic mass is 127. The monoisotopic (exact) mass is 365 g/mol. The Hall–Kier alpha value is -0.790. The molecule has 104 valence electrons. The van der Waals surface area contributed by atoms with E-state index >= 15 is 0 Å². The van der Waals surface area contributed by atoms with Gasteiger partial charge in [0.15, 0.2) is 5.96 Å². The number of hydrogen-bond acceptors (Lipinski definition) is 2. The number of nitrogens with one attached hydrogen (secondary N) is 2. The van der Waals surface area contributed by atoms with E-state index in [1.165, 1.54) is 19.3 Å². The smallest absolute Gasteiger partial charge is 0.191 e. The fourth-order valence-electron chi connectivity index (χ4n) is 1.55. The lowest BCUT2D eigenvalue weighted by Crippen LogP contribution is -2.37. The molecule has 1 aromatic heterocycles. The molecule has 0 amide bonds. The van der Waals surface area contributed by atoms with Gasteiger partial charge in [-0.3, -0.25) is 9.67 Å². The van der Waals surface area contributed by atoms with Crippen molar-refractivity contribution in [3.05, 3.63) is 18.0 Å². The van der Waals surface area contributed by atoms with E-state index in [2.05, 4.69) is 27.6 Å². The SMILES string of the molecule is CCCCCNC(=NC)NCc1ccnn1C.I. The van der Waals surface area contributed by atoms with Gasteiger partial charge in [-0.2, -0.15) is 5.10 Å². The van der Waals surface area contributed by atoms with Gasteiger partial charge >= 0.3 is 0 Å². The quantitative estimate of drug-likeness (QED) is 0.350. The van der Waals surface area contributed by atoms with Gasteiger partial charge < -0.3 is 10.6 Å². The zero-order valence-corrected chi connectivity index (χ0v) is 13.8. The van der Waals surface area contributed by atoms with Crippen molar-refractivity contribution in [3.8, 4) is 0 Å². The maximum absolute atomic E-state index is 4.18. The summed E-state index contributed by atoms with van der Waals surface area (Å²) in [5.74, 6) is 0.849. The van der Waals surface area contributed by atoms with E-state index in [1.807, 2.05) is 17.8 Å². The van der Waals surface area contributed by atoms with Gasteiger partial charge in [0, 0.05) is 26.8 Å². The van der Waals surface area contributed by atoms with Crippen LogP contribution >= 0.6 is 24.0 Å². The van der Waals surface area contributed by atoms with E-state index in [0.717, 1.165) is 24.7 Å². The number of nitrogens with zero attached hydrogens (tertiary/aromatic N) is 3. The Balaban J connectivity index is 0.00000289. The first-order valence-corrected chi connectivity index (χ1v) is 6.19. The Bertz CT molecular complexity index is 348. The predicted molar refractivity (Wildman–Crippen MR) is 86.3 cm³/mol. The van der Waals surface area contributed by atoms with E-state index in [4.69, 9.17) is 0 Å². The van der Waals surface area contributed by atoms with Crippen LogP contribution in [0.4, 0.5) is 0 Å². The molecular formula is C12H24IN5. The highest BCUT2D eigenvalue weighted by Crippen LogP contribution is 1.95. The van der Waals surface area contributed by atoms with Crippen LogP contribution in [0.3, 0.4) is 0 Å². The lowest BCUT2D eigenvalue weighted by molar-refractivity contribution is 0.665. The standard InChI is InChI=1S/C12H23N5.HI/c1-4-5-6-8-14-12(13-2)15-10-11-7-9-16-17(11)3;/h7,9H,4-6,8,10H2,1-3H3,(H2,13,14,15);1H. The minimum absolute atomic E-state index is 0. The van der Waals surface area contributed by atoms with Crippen LogP contribution in [0, 0.1) is 0 Å². The van der Waals surface area contributed by atoms with Crippen LogP contribution in [0.2, 0.25) is 0 Å². The minimum atomic E-state index is 0. The van der Waals surface area contributed by atoms with Crippen molar-refractivity contribution in [1.82, 2.24) is 20.4 Å². The van der Waals surface area contributed by atoms with Crippen LogP contribution in [-0.4, -0.2) is 29.3 Å². The molecule has 6 heteroatoms. The molecule has 0 atom stereocenters. The average Bonchev–Trinajstić information content (AvgIpc) is 2.74. The molecule has 0 radical (unpaired) electrons. The van der Waals surface area contributed by atoms with Crippen molar-refractivity contribution < 1.29 is 0 Å². The second-order valence-corrected chi connectivity index (χ2v) is 4.01. The minimum Gasteiger partial charge on any atom is -0.356 e. The molecule has 0 aliphatic rings. The number of aryl methyl sites for hydroxylation is 1. The van der Waals surface area contributed by atoms with Crippen molar-refractivity contribution in [2.75, 3.05) is 13.6 Å². The van der Waals surface area contributed by atoms with Gasteiger partial charge in [-0.15, -0.1) is 24.0 Å². The van der Waals surface area contributed by atoms with Gasteiger partial charge in [-0.25, -0.2) is 0 Å². The highest BCUT2D eigenvalue weighted by Gasteiger charge is 2.00. The summed E-state index contributed by atoms with van der Waals surface area (Å²) in [5, 5.41) is 10.7. The fraction of sp³-hybridized carbons (Fsp3) is 0.667.